The zero-order chi connectivity index (χ0) is 19.6. The molecule has 2 aromatic rings. The number of nitrogens with zero attached hydrogens (tertiary/aromatic N) is 4. The molecule has 0 unspecified atom stereocenters. The Morgan fingerprint density at radius 2 is 2.00 bits per heavy atom. The van der Waals surface area contributed by atoms with E-state index in [1.807, 2.05) is 13.8 Å². The average Bonchev–Trinajstić information content (AvgIpc) is 2.99. The first-order valence-electron chi connectivity index (χ1n) is 8.99. The molecule has 1 aliphatic heterocycles. The number of hydrogen-bond acceptors (Lipinski definition) is 5. The molecular weight excluding hydrogens is 351 g/mol. The summed E-state index contributed by atoms with van der Waals surface area (Å²) in [5.74, 6) is -0.479. The van der Waals surface area contributed by atoms with Gasteiger partial charge in [-0.2, -0.15) is 0 Å². The lowest BCUT2D eigenvalue weighted by Gasteiger charge is -2.34. The molecular formula is C19H23FN4O3. The van der Waals surface area contributed by atoms with Crippen molar-refractivity contribution < 1.29 is 18.6 Å². The number of hydrogen-bond donors (Lipinski definition) is 0. The molecule has 0 saturated carbocycles. The van der Waals surface area contributed by atoms with Gasteiger partial charge in [0.25, 0.3) is 5.91 Å². The van der Waals surface area contributed by atoms with Crippen molar-refractivity contribution in [3.05, 3.63) is 47.0 Å². The molecule has 7 nitrogen and oxygen atoms in total. The van der Waals surface area contributed by atoms with Crippen molar-refractivity contribution in [2.75, 3.05) is 13.1 Å². The SMILES string of the molecule is Cc1nonc1C(=O)N1CCC(=O)N(Cc2ccc(F)cc2)[C@H](C(C)C)C1. The summed E-state index contributed by atoms with van der Waals surface area (Å²) in [5, 5.41) is 7.36. The number of amides is 2. The largest absolute Gasteiger partial charge is 0.335 e. The van der Waals surface area contributed by atoms with Crippen LogP contribution in [0.3, 0.4) is 0 Å². The second-order valence-electron chi connectivity index (χ2n) is 7.16. The Bertz CT molecular complexity index is 819. The maximum atomic E-state index is 13.2. The van der Waals surface area contributed by atoms with E-state index < -0.39 is 0 Å². The quantitative estimate of drug-likeness (QED) is 0.821. The highest BCUT2D eigenvalue weighted by Gasteiger charge is 2.34. The smallest absolute Gasteiger partial charge is 0.278 e. The molecule has 0 N–H and O–H groups in total. The summed E-state index contributed by atoms with van der Waals surface area (Å²) in [6.45, 7) is 6.80. The molecule has 144 valence electrons. The normalized spacial score (nSPS) is 18.1. The van der Waals surface area contributed by atoms with Gasteiger partial charge in [0.05, 0.1) is 6.04 Å². The molecule has 0 radical (unpaired) electrons. The molecule has 2 heterocycles. The third kappa shape index (κ3) is 4.15. The predicted molar refractivity (Wildman–Crippen MR) is 95.1 cm³/mol. The third-order valence-corrected chi connectivity index (χ3v) is 4.90. The van der Waals surface area contributed by atoms with Crippen molar-refractivity contribution in [2.24, 2.45) is 5.92 Å². The van der Waals surface area contributed by atoms with Gasteiger partial charge in [-0.3, -0.25) is 9.59 Å². The van der Waals surface area contributed by atoms with Crippen LogP contribution in [0.15, 0.2) is 28.9 Å². The van der Waals surface area contributed by atoms with E-state index in [0.29, 0.717) is 25.3 Å². The maximum absolute atomic E-state index is 13.2. The summed E-state index contributed by atoms with van der Waals surface area (Å²) in [4.78, 5) is 29.0. The van der Waals surface area contributed by atoms with Crippen molar-refractivity contribution in [1.82, 2.24) is 20.1 Å². The van der Waals surface area contributed by atoms with Crippen molar-refractivity contribution in [1.29, 1.82) is 0 Å². The van der Waals surface area contributed by atoms with Crippen LogP contribution >= 0.6 is 0 Å². The molecule has 1 atom stereocenters. The van der Waals surface area contributed by atoms with E-state index in [1.165, 1.54) is 12.1 Å². The first-order chi connectivity index (χ1) is 12.9. The van der Waals surface area contributed by atoms with Crippen molar-refractivity contribution in [3.63, 3.8) is 0 Å². The van der Waals surface area contributed by atoms with E-state index >= 15 is 0 Å². The molecule has 3 rings (SSSR count). The van der Waals surface area contributed by atoms with Gasteiger partial charge in [-0.1, -0.05) is 31.1 Å². The van der Waals surface area contributed by atoms with Crippen LogP contribution in [0.5, 0.6) is 0 Å². The van der Waals surface area contributed by atoms with Crippen LogP contribution in [0.1, 0.15) is 42.0 Å². The fourth-order valence-electron chi connectivity index (χ4n) is 3.30. The molecule has 1 aromatic heterocycles. The lowest BCUT2D eigenvalue weighted by molar-refractivity contribution is -0.134. The second-order valence-corrected chi connectivity index (χ2v) is 7.16. The van der Waals surface area contributed by atoms with Crippen molar-refractivity contribution in [3.8, 4) is 0 Å². The minimum atomic E-state index is -0.310. The Morgan fingerprint density at radius 3 is 2.59 bits per heavy atom. The van der Waals surface area contributed by atoms with Crippen LogP contribution < -0.4 is 0 Å². The van der Waals surface area contributed by atoms with Gasteiger partial charge in [-0.05, 0) is 35.7 Å². The minimum Gasteiger partial charge on any atom is -0.335 e. The van der Waals surface area contributed by atoms with E-state index in [-0.39, 0.29) is 41.7 Å². The molecule has 1 aliphatic rings. The summed E-state index contributed by atoms with van der Waals surface area (Å²) in [5.41, 5.74) is 1.46. The maximum Gasteiger partial charge on any atom is 0.278 e. The zero-order valence-corrected chi connectivity index (χ0v) is 15.7. The Hall–Kier alpha value is -2.77. The lowest BCUT2D eigenvalue weighted by Crippen LogP contribution is -2.47. The first kappa shape index (κ1) is 19.0. The summed E-state index contributed by atoms with van der Waals surface area (Å²) in [6, 6.07) is 5.97. The van der Waals surface area contributed by atoms with Crippen LogP contribution in [0.25, 0.3) is 0 Å². The Kier molecular flexibility index (Phi) is 5.53. The van der Waals surface area contributed by atoms with Gasteiger partial charge in [0.2, 0.25) is 5.91 Å². The van der Waals surface area contributed by atoms with E-state index in [4.69, 9.17) is 0 Å². The number of carbonyl (C=O) groups excluding carboxylic acids is 2. The van der Waals surface area contributed by atoms with Crippen LogP contribution in [0.2, 0.25) is 0 Å². The van der Waals surface area contributed by atoms with Gasteiger partial charge in [0, 0.05) is 26.1 Å². The van der Waals surface area contributed by atoms with Gasteiger partial charge < -0.3 is 9.80 Å². The summed E-state index contributed by atoms with van der Waals surface area (Å²) in [7, 11) is 0. The van der Waals surface area contributed by atoms with E-state index in [0.717, 1.165) is 5.56 Å². The summed E-state index contributed by atoms with van der Waals surface area (Å²) in [6.07, 6.45) is 0.223. The number of benzene rings is 1. The molecule has 1 saturated heterocycles. The standard InChI is InChI=1S/C19H23FN4O3/c1-12(2)16-11-23(19(26)18-13(3)21-27-22-18)9-8-17(25)24(16)10-14-4-6-15(20)7-5-14/h4-7,12,16H,8-11H2,1-3H3/t16-/m0/s1. The van der Waals surface area contributed by atoms with Gasteiger partial charge in [-0.15, -0.1) is 0 Å². The molecule has 2 amide bonds. The zero-order valence-electron chi connectivity index (χ0n) is 15.7. The fourth-order valence-corrected chi connectivity index (χ4v) is 3.30. The topological polar surface area (TPSA) is 79.5 Å². The highest BCUT2D eigenvalue weighted by molar-refractivity contribution is 5.93. The summed E-state index contributed by atoms with van der Waals surface area (Å²) < 4.78 is 17.8. The molecule has 1 fully saturated rings. The van der Waals surface area contributed by atoms with Gasteiger partial charge in [-0.25, -0.2) is 9.02 Å². The monoisotopic (exact) mass is 374 g/mol. The first-order valence-corrected chi connectivity index (χ1v) is 8.99. The number of rotatable bonds is 4. The fraction of sp³-hybridized carbons (Fsp3) is 0.474. The van der Waals surface area contributed by atoms with Crippen LogP contribution in [0.4, 0.5) is 4.39 Å². The number of carbonyl (C=O) groups is 2. The molecule has 0 spiro atoms. The average molecular weight is 374 g/mol. The van der Waals surface area contributed by atoms with Crippen molar-refractivity contribution in [2.45, 2.75) is 39.8 Å². The van der Waals surface area contributed by atoms with Crippen LogP contribution in [0, 0.1) is 18.7 Å². The Balaban J connectivity index is 1.83. The number of aryl methyl sites for hydroxylation is 1. The van der Waals surface area contributed by atoms with Gasteiger partial charge in [0.1, 0.15) is 11.5 Å². The van der Waals surface area contributed by atoms with Crippen LogP contribution in [-0.2, 0) is 11.3 Å². The van der Waals surface area contributed by atoms with Gasteiger partial charge in [0.15, 0.2) is 5.69 Å². The lowest BCUT2D eigenvalue weighted by atomic mass is 10.0. The molecule has 0 aliphatic carbocycles. The minimum absolute atomic E-state index is 0.0247. The van der Waals surface area contributed by atoms with E-state index in [9.17, 15) is 14.0 Å². The molecule has 8 heteroatoms. The molecule has 1 aromatic carbocycles. The second kappa shape index (κ2) is 7.85. The summed E-state index contributed by atoms with van der Waals surface area (Å²) >= 11 is 0. The van der Waals surface area contributed by atoms with Crippen molar-refractivity contribution >= 4 is 11.8 Å². The van der Waals surface area contributed by atoms with Gasteiger partial charge >= 0.3 is 0 Å². The third-order valence-electron chi connectivity index (χ3n) is 4.90. The Labute approximate surface area is 157 Å². The highest BCUT2D eigenvalue weighted by Crippen LogP contribution is 2.22. The molecule has 27 heavy (non-hydrogen) atoms. The predicted octanol–water partition coefficient (Wildman–Crippen LogP) is 2.42. The van der Waals surface area contributed by atoms with E-state index in [2.05, 4.69) is 14.9 Å². The number of aromatic nitrogens is 2. The van der Waals surface area contributed by atoms with Crippen LogP contribution in [-0.4, -0.2) is 51.1 Å². The Morgan fingerprint density at radius 1 is 1.30 bits per heavy atom. The number of halogens is 1. The molecule has 0 bridgehead atoms. The highest BCUT2D eigenvalue weighted by atomic mass is 19.1. The van der Waals surface area contributed by atoms with E-state index in [1.54, 1.807) is 28.9 Å².